The molecule has 0 radical (unpaired) electrons. The van der Waals surface area contributed by atoms with E-state index in [9.17, 15) is 14.3 Å². The number of imidazole rings is 1. The molecule has 1 saturated heterocycles. The van der Waals surface area contributed by atoms with Crippen LogP contribution in [0.4, 0.5) is 5.95 Å². The summed E-state index contributed by atoms with van der Waals surface area (Å²) in [5.41, 5.74) is 5.55. The van der Waals surface area contributed by atoms with Gasteiger partial charge in [-0.2, -0.15) is 4.98 Å². The highest BCUT2D eigenvalue weighted by Gasteiger charge is 2.31. The summed E-state index contributed by atoms with van der Waals surface area (Å²) in [6.45, 7) is 1.54. The van der Waals surface area contributed by atoms with E-state index in [1.807, 2.05) is 0 Å². The fourth-order valence-corrected chi connectivity index (χ4v) is 3.02. The maximum Gasteiger partial charge on any atom is 0.278 e. The monoisotopic (exact) mass is 329 g/mol. The van der Waals surface area contributed by atoms with E-state index in [-0.39, 0.29) is 36.0 Å². The average Bonchev–Trinajstić information content (AvgIpc) is 2.94. The number of nitrogens with zero attached hydrogens (tertiary/aromatic N) is 2. The van der Waals surface area contributed by atoms with Gasteiger partial charge in [-0.15, -0.1) is 0 Å². The number of anilines is 1. The number of nitrogens with one attached hydrogen (secondary N) is 2. The van der Waals surface area contributed by atoms with E-state index >= 15 is 0 Å². The number of hydrogen-bond donors (Lipinski definition) is 4. The van der Waals surface area contributed by atoms with Crippen LogP contribution >= 0.6 is 7.37 Å². The van der Waals surface area contributed by atoms with Crippen molar-refractivity contribution in [3.05, 3.63) is 16.2 Å². The number of aromatic amines is 2. The van der Waals surface area contributed by atoms with Crippen molar-refractivity contribution in [3.63, 3.8) is 0 Å². The van der Waals surface area contributed by atoms with Gasteiger partial charge in [0.2, 0.25) is 13.3 Å². The molecule has 22 heavy (non-hydrogen) atoms. The molecule has 11 heteroatoms. The van der Waals surface area contributed by atoms with E-state index in [0.29, 0.717) is 12.2 Å². The fraction of sp³-hybridized carbons (Fsp3) is 0.545. The minimum Gasteiger partial charge on any atom is -0.369 e. The molecule has 0 bridgehead atoms. The largest absolute Gasteiger partial charge is 0.369 e. The normalized spacial score (nSPS) is 24.6. The molecule has 0 aliphatic carbocycles. The number of ether oxygens (including phenoxy) is 2. The number of H-pyrrole nitrogens is 2. The molecule has 0 spiro atoms. The lowest BCUT2D eigenvalue weighted by atomic mass is 10.2. The topological polar surface area (TPSA) is 156 Å². The van der Waals surface area contributed by atoms with Gasteiger partial charge in [0.25, 0.3) is 5.56 Å². The van der Waals surface area contributed by atoms with Crippen LogP contribution in [-0.4, -0.2) is 56.7 Å². The number of fused-ring (bicyclic) bond motifs is 1. The Bertz CT molecular complexity index is 796. The first-order chi connectivity index (χ1) is 10.3. The lowest BCUT2D eigenvalue weighted by molar-refractivity contribution is -0.0405. The van der Waals surface area contributed by atoms with Gasteiger partial charge >= 0.3 is 0 Å². The quantitative estimate of drug-likeness (QED) is 0.542. The Morgan fingerprint density at radius 3 is 2.95 bits per heavy atom. The van der Waals surface area contributed by atoms with E-state index in [1.165, 1.54) is 6.66 Å². The van der Waals surface area contributed by atoms with Gasteiger partial charge in [0.1, 0.15) is 5.82 Å². The van der Waals surface area contributed by atoms with Gasteiger partial charge in [0, 0.05) is 13.1 Å². The Kier molecular flexibility index (Phi) is 3.77. The Labute approximate surface area is 124 Å². The van der Waals surface area contributed by atoms with Gasteiger partial charge in [-0.1, -0.05) is 0 Å². The molecule has 3 heterocycles. The van der Waals surface area contributed by atoms with Gasteiger partial charge < -0.3 is 25.1 Å². The fourth-order valence-electron chi connectivity index (χ4n) is 2.27. The zero-order valence-electron chi connectivity index (χ0n) is 11.8. The molecule has 1 fully saturated rings. The van der Waals surface area contributed by atoms with Crippen molar-refractivity contribution < 1.29 is 18.9 Å². The molecule has 2 aromatic rings. The zero-order chi connectivity index (χ0) is 15.9. The SMILES string of the molecule is CP(=O)(O)C[C@H]1OC[C@H](Cc2nc3nc(N)[nH]c(=O)c3[nH]2)O1. The summed E-state index contributed by atoms with van der Waals surface area (Å²) in [5, 5.41) is 0. The number of rotatable bonds is 4. The average molecular weight is 329 g/mol. The summed E-state index contributed by atoms with van der Waals surface area (Å²) in [5.74, 6) is 0.509. The van der Waals surface area contributed by atoms with Crippen LogP contribution in [0.3, 0.4) is 0 Å². The van der Waals surface area contributed by atoms with E-state index in [1.54, 1.807) is 0 Å². The zero-order valence-corrected chi connectivity index (χ0v) is 12.7. The maximum atomic E-state index is 11.7. The molecule has 0 saturated carbocycles. The molecule has 3 rings (SSSR count). The lowest BCUT2D eigenvalue weighted by Crippen LogP contribution is -2.18. The van der Waals surface area contributed by atoms with Crippen LogP contribution < -0.4 is 11.3 Å². The molecule has 1 unspecified atom stereocenters. The van der Waals surface area contributed by atoms with Gasteiger partial charge in [0.05, 0.1) is 18.9 Å². The van der Waals surface area contributed by atoms with E-state index in [0.717, 1.165) is 0 Å². The molecule has 120 valence electrons. The third-order valence-corrected chi connectivity index (χ3v) is 4.13. The van der Waals surface area contributed by atoms with E-state index < -0.39 is 19.2 Å². The third-order valence-electron chi connectivity index (χ3n) is 3.15. The molecule has 3 atom stereocenters. The highest BCUT2D eigenvalue weighted by atomic mass is 31.2. The lowest BCUT2D eigenvalue weighted by Gasteiger charge is -2.12. The predicted molar refractivity (Wildman–Crippen MR) is 77.9 cm³/mol. The minimum absolute atomic E-state index is 0.00212. The summed E-state index contributed by atoms with van der Waals surface area (Å²) in [6, 6.07) is 0. The first-order valence-corrected chi connectivity index (χ1v) is 8.90. The standard InChI is InChI=1S/C11H16N5O5P/c1-22(18,19)4-7-20-3-5(21-7)2-6-13-8-9(14-6)15-11(12)16-10(8)17/h5,7H,2-4H2,1H3,(H,18,19)(H4,12,13,14,15,16,17)/t5-,7-/m0/s1. The molecule has 2 aromatic heterocycles. The molecule has 10 nitrogen and oxygen atoms in total. The first-order valence-electron chi connectivity index (χ1n) is 6.61. The Balaban J connectivity index is 1.71. The number of hydrogen-bond acceptors (Lipinski definition) is 7. The van der Waals surface area contributed by atoms with Crippen molar-refractivity contribution in [3.8, 4) is 0 Å². The van der Waals surface area contributed by atoms with Gasteiger partial charge in [-0.3, -0.25) is 14.3 Å². The second kappa shape index (κ2) is 5.47. The van der Waals surface area contributed by atoms with Crippen molar-refractivity contribution >= 4 is 24.5 Å². The molecule has 1 aliphatic heterocycles. The highest BCUT2D eigenvalue weighted by Crippen LogP contribution is 2.38. The minimum atomic E-state index is -3.20. The van der Waals surface area contributed by atoms with Crippen LogP contribution in [-0.2, 0) is 20.5 Å². The van der Waals surface area contributed by atoms with Gasteiger partial charge in [0.15, 0.2) is 17.5 Å². The number of nitrogen functional groups attached to an aromatic ring is 1. The van der Waals surface area contributed by atoms with Crippen molar-refractivity contribution in [2.24, 2.45) is 0 Å². The van der Waals surface area contributed by atoms with Crippen LogP contribution in [0.1, 0.15) is 5.82 Å². The summed E-state index contributed by atoms with van der Waals surface area (Å²) in [4.78, 5) is 34.4. The second-order valence-electron chi connectivity index (χ2n) is 5.29. The predicted octanol–water partition coefficient (Wildman–Crippen LogP) is -0.587. The second-order valence-corrected chi connectivity index (χ2v) is 7.76. The first kappa shape index (κ1) is 15.2. The summed E-state index contributed by atoms with van der Waals surface area (Å²) in [7, 11) is -3.20. The smallest absolute Gasteiger partial charge is 0.278 e. The summed E-state index contributed by atoms with van der Waals surface area (Å²) < 4.78 is 22.2. The van der Waals surface area contributed by atoms with E-state index in [4.69, 9.17) is 15.2 Å². The van der Waals surface area contributed by atoms with Gasteiger partial charge in [-0.05, 0) is 0 Å². The van der Waals surface area contributed by atoms with Gasteiger partial charge in [-0.25, -0.2) is 4.98 Å². The van der Waals surface area contributed by atoms with Crippen molar-refractivity contribution in [2.45, 2.75) is 18.8 Å². The molecule has 1 aliphatic rings. The summed E-state index contributed by atoms with van der Waals surface area (Å²) in [6.07, 6.45) is -0.700. The van der Waals surface area contributed by atoms with Crippen LogP contribution in [0.2, 0.25) is 0 Å². The molecule has 0 aromatic carbocycles. The maximum absolute atomic E-state index is 11.7. The number of nitrogens with two attached hydrogens (primary N) is 1. The van der Waals surface area contributed by atoms with Crippen LogP contribution in [0.5, 0.6) is 0 Å². The van der Waals surface area contributed by atoms with Crippen LogP contribution in [0.15, 0.2) is 4.79 Å². The van der Waals surface area contributed by atoms with Crippen molar-refractivity contribution in [2.75, 3.05) is 25.2 Å². The highest BCUT2D eigenvalue weighted by molar-refractivity contribution is 7.57. The molecular weight excluding hydrogens is 313 g/mol. The third kappa shape index (κ3) is 3.36. The molecule has 0 amide bonds. The Morgan fingerprint density at radius 1 is 1.45 bits per heavy atom. The summed E-state index contributed by atoms with van der Waals surface area (Å²) >= 11 is 0. The molecular formula is C11H16N5O5P. The van der Waals surface area contributed by atoms with Crippen molar-refractivity contribution in [1.82, 2.24) is 19.9 Å². The van der Waals surface area contributed by atoms with Crippen LogP contribution in [0, 0.1) is 0 Å². The van der Waals surface area contributed by atoms with Crippen molar-refractivity contribution in [1.29, 1.82) is 0 Å². The number of aromatic nitrogens is 4. The molecule has 5 N–H and O–H groups in total. The van der Waals surface area contributed by atoms with Crippen LogP contribution in [0.25, 0.3) is 11.2 Å². The Hall–Kier alpha value is -1.74. The van der Waals surface area contributed by atoms with E-state index in [2.05, 4.69) is 19.9 Å². The Morgan fingerprint density at radius 2 is 2.23 bits per heavy atom.